The highest BCUT2D eigenvalue weighted by molar-refractivity contribution is 6.61. The normalized spacial score (nSPS) is 29.1. The summed E-state index contributed by atoms with van der Waals surface area (Å²) in [6, 6.07) is 0.344. The first kappa shape index (κ1) is 13.2. The SMILES string of the molecule is CC1(C)OB(c2cncn2C2CCOC2)OC1(C)C. The maximum Gasteiger partial charge on any atom is 0.514 e. The van der Waals surface area contributed by atoms with E-state index in [9.17, 15) is 0 Å². The number of nitrogens with zero attached hydrogens (tertiary/aromatic N) is 2. The first-order valence-electron chi connectivity index (χ1n) is 6.86. The van der Waals surface area contributed by atoms with Crippen LogP contribution < -0.4 is 5.59 Å². The molecule has 2 aliphatic rings. The highest BCUT2D eigenvalue weighted by atomic mass is 16.7. The van der Waals surface area contributed by atoms with E-state index in [0.29, 0.717) is 6.04 Å². The van der Waals surface area contributed by atoms with E-state index in [0.717, 1.165) is 25.2 Å². The molecule has 0 spiro atoms. The Kier molecular flexibility index (Phi) is 3.00. The third kappa shape index (κ3) is 2.12. The fourth-order valence-corrected chi connectivity index (χ4v) is 2.51. The minimum absolute atomic E-state index is 0.320. The van der Waals surface area contributed by atoms with Crippen molar-refractivity contribution in [3.63, 3.8) is 0 Å². The third-order valence-electron chi connectivity index (χ3n) is 4.49. The number of imidazole rings is 1. The van der Waals surface area contributed by atoms with Gasteiger partial charge in [0.15, 0.2) is 0 Å². The predicted molar refractivity (Wildman–Crippen MR) is 72.4 cm³/mol. The molecular weight excluding hydrogens is 243 g/mol. The number of hydrogen-bond donors (Lipinski definition) is 0. The van der Waals surface area contributed by atoms with Gasteiger partial charge in [-0.1, -0.05) is 0 Å². The standard InChI is InChI=1S/C13H21BN2O3/c1-12(2)13(3,4)19-14(18-12)11-7-15-9-16(11)10-5-6-17-8-10/h7,9-10H,5-6,8H2,1-4H3. The Morgan fingerprint density at radius 1 is 1.26 bits per heavy atom. The van der Waals surface area contributed by atoms with E-state index in [1.165, 1.54) is 0 Å². The molecule has 0 aromatic carbocycles. The van der Waals surface area contributed by atoms with Crippen LogP contribution in [0.15, 0.2) is 12.5 Å². The van der Waals surface area contributed by atoms with Gasteiger partial charge in [-0.15, -0.1) is 0 Å². The Bertz CT molecular complexity index is 450. The monoisotopic (exact) mass is 264 g/mol. The van der Waals surface area contributed by atoms with Gasteiger partial charge in [-0.25, -0.2) is 4.98 Å². The summed E-state index contributed by atoms with van der Waals surface area (Å²) in [7, 11) is -0.354. The van der Waals surface area contributed by atoms with Crippen LogP contribution in [0.3, 0.4) is 0 Å². The number of rotatable bonds is 2. The Morgan fingerprint density at radius 2 is 1.95 bits per heavy atom. The fourth-order valence-electron chi connectivity index (χ4n) is 2.51. The number of aromatic nitrogens is 2. The zero-order valence-corrected chi connectivity index (χ0v) is 12.0. The second-order valence-electron chi connectivity index (χ2n) is 6.33. The first-order valence-corrected chi connectivity index (χ1v) is 6.86. The summed E-state index contributed by atoms with van der Waals surface area (Å²) in [5.74, 6) is 0. The maximum absolute atomic E-state index is 6.08. The van der Waals surface area contributed by atoms with Crippen molar-refractivity contribution in [2.24, 2.45) is 0 Å². The van der Waals surface area contributed by atoms with Crippen molar-refractivity contribution in [2.45, 2.75) is 51.4 Å². The van der Waals surface area contributed by atoms with Crippen LogP contribution in [0.4, 0.5) is 0 Å². The molecule has 3 rings (SSSR count). The number of hydrogen-bond acceptors (Lipinski definition) is 4. The summed E-state index contributed by atoms with van der Waals surface area (Å²) in [4.78, 5) is 4.25. The molecular formula is C13H21BN2O3. The molecule has 0 amide bonds. The molecule has 1 unspecified atom stereocenters. The van der Waals surface area contributed by atoms with Crippen LogP contribution in [-0.2, 0) is 14.0 Å². The molecule has 104 valence electrons. The Labute approximate surface area is 114 Å². The molecule has 19 heavy (non-hydrogen) atoms. The van der Waals surface area contributed by atoms with Gasteiger partial charge in [0.1, 0.15) is 0 Å². The summed E-state index contributed by atoms with van der Waals surface area (Å²) in [5.41, 5.74) is 0.340. The molecule has 0 saturated carbocycles. The molecule has 1 aromatic rings. The molecule has 2 aliphatic heterocycles. The summed E-state index contributed by atoms with van der Waals surface area (Å²) < 4.78 is 19.8. The van der Waals surface area contributed by atoms with Gasteiger partial charge in [0.2, 0.25) is 0 Å². The van der Waals surface area contributed by atoms with Crippen LogP contribution in [-0.4, -0.2) is 41.1 Å². The molecule has 3 heterocycles. The summed E-state index contributed by atoms with van der Waals surface area (Å²) >= 11 is 0. The molecule has 5 nitrogen and oxygen atoms in total. The molecule has 2 saturated heterocycles. The van der Waals surface area contributed by atoms with Crippen LogP contribution in [0.5, 0.6) is 0 Å². The van der Waals surface area contributed by atoms with Crippen molar-refractivity contribution in [3.8, 4) is 0 Å². The lowest BCUT2D eigenvalue weighted by atomic mass is 9.84. The predicted octanol–water partition coefficient (Wildman–Crippen LogP) is 1.14. The molecule has 6 heteroatoms. The molecule has 0 N–H and O–H groups in total. The van der Waals surface area contributed by atoms with Gasteiger partial charge in [-0.3, -0.25) is 0 Å². The lowest BCUT2D eigenvalue weighted by Gasteiger charge is -2.32. The summed E-state index contributed by atoms with van der Waals surface area (Å²) in [6.45, 7) is 9.80. The Morgan fingerprint density at radius 3 is 2.53 bits per heavy atom. The molecule has 0 radical (unpaired) electrons. The van der Waals surface area contributed by atoms with Crippen molar-refractivity contribution in [1.82, 2.24) is 9.55 Å². The van der Waals surface area contributed by atoms with Crippen molar-refractivity contribution < 1.29 is 14.0 Å². The maximum atomic E-state index is 6.08. The van der Waals surface area contributed by atoms with Crippen LogP contribution in [0.25, 0.3) is 0 Å². The smallest absolute Gasteiger partial charge is 0.398 e. The quantitative estimate of drug-likeness (QED) is 0.751. The first-order chi connectivity index (χ1) is 8.91. The lowest BCUT2D eigenvalue weighted by molar-refractivity contribution is 0.00578. The minimum atomic E-state index is -0.354. The fraction of sp³-hybridized carbons (Fsp3) is 0.769. The van der Waals surface area contributed by atoms with Crippen molar-refractivity contribution >= 4 is 12.7 Å². The minimum Gasteiger partial charge on any atom is -0.398 e. The zero-order valence-electron chi connectivity index (χ0n) is 12.0. The molecule has 0 bridgehead atoms. The van der Waals surface area contributed by atoms with E-state index in [1.54, 1.807) is 0 Å². The summed E-state index contributed by atoms with van der Waals surface area (Å²) in [6.07, 6.45) is 4.70. The van der Waals surface area contributed by atoms with Crippen LogP contribution in [0.1, 0.15) is 40.2 Å². The van der Waals surface area contributed by atoms with E-state index in [4.69, 9.17) is 14.0 Å². The van der Waals surface area contributed by atoms with Gasteiger partial charge in [-0.2, -0.15) is 0 Å². The third-order valence-corrected chi connectivity index (χ3v) is 4.49. The van der Waals surface area contributed by atoms with Gasteiger partial charge in [-0.05, 0) is 34.1 Å². The summed E-state index contributed by atoms with van der Waals surface area (Å²) in [5, 5.41) is 0. The second-order valence-corrected chi connectivity index (χ2v) is 6.33. The van der Waals surface area contributed by atoms with Gasteiger partial charge < -0.3 is 18.6 Å². The van der Waals surface area contributed by atoms with E-state index in [1.807, 2.05) is 12.5 Å². The van der Waals surface area contributed by atoms with Crippen molar-refractivity contribution in [2.75, 3.05) is 13.2 Å². The van der Waals surface area contributed by atoms with Gasteiger partial charge in [0.05, 0.1) is 35.8 Å². The van der Waals surface area contributed by atoms with Gasteiger partial charge >= 0.3 is 7.12 Å². The van der Waals surface area contributed by atoms with E-state index in [-0.39, 0.29) is 18.3 Å². The second kappa shape index (κ2) is 4.33. The lowest BCUT2D eigenvalue weighted by Crippen LogP contribution is -2.41. The molecule has 1 atom stereocenters. The average Bonchev–Trinajstić information content (AvgIpc) is 3.00. The van der Waals surface area contributed by atoms with Crippen LogP contribution >= 0.6 is 0 Å². The average molecular weight is 264 g/mol. The molecule has 2 fully saturated rings. The van der Waals surface area contributed by atoms with E-state index in [2.05, 4.69) is 37.2 Å². The van der Waals surface area contributed by atoms with Crippen molar-refractivity contribution in [1.29, 1.82) is 0 Å². The van der Waals surface area contributed by atoms with Gasteiger partial charge in [0, 0.05) is 12.8 Å². The largest absolute Gasteiger partial charge is 0.514 e. The highest BCUT2D eigenvalue weighted by Gasteiger charge is 2.53. The topological polar surface area (TPSA) is 45.5 Å². The highest BCUT2D eigenvalue weighted by Crippen LogP contribution is 2.36. The van der Waals surface area contributed by atoms with Crippen molar-refractivity contribution in [3.05, 3.63) is 12.5 Å². The van der Waals surface area contributed by atoms with E-state index >= 15 is 0 Å². The molecule has 0 aliphatic carbocycles. The Balaban J connectivity index is 1.86. The Hall–Kier alpha value is -0.845. The van der Waals surface area contributed by atoms with Gasteiger partial charge in [0.25, 0.3) is 0 Å². The van der Waals surface area contributed by atoms with Crippen LogP contribution in [0, 0.1) is 0 Å². The van der Waals surface area contributed by atoms with E-state index < -0.39 is 0 Å². The molecule has 1 aromatic heterocycles. The zero-order chi connectivity index (χ0) is 13.7. The van der Waals surface area contributed by atoms with Crippen LogP contribution in [0.2, 0.25) is 0 Å². The number of ether oxygens (including phenoxy) is 1.